The van der Waals surface area contributed by atoms with E-state index < -0.39 is 30.0 Å². The number of nitrogens with zero attached hydrogens (tertiary/aromatic N) is 9. The minimum Gasteiger partial charge on any atom is -0.378 e. The van der Waals surface area contributed by atoms with E-state index in [1.54, 1.807) is 28.7 Å². The summed E-state index contributed by atoms with van der Waals surface area (Å²) in [5.41, 5.74) is 2.30. The molecule has 4 aliphatic rings. The molecule has 0 spiro atoms. The van der Waals surface area contributed by atoms with Crippen molar-refractivity contribution in [3.63, 3.8) is 0 Å². The van der Waals surface area contributed by atoms with Crippen LogP contribution < -0.4 is 21.2 Å². The van der Waals surface area contributed by atoms with E-state index in [2.05, 4.69) is 30.6 Å². The Morgan fingerprint density at radius 3 is 2.52 bits per heavy atom. The maximum Gasteiger partial charge on any atom is 0.329 e. The number of rotatable bonds is 13. The fourth-order valence-electron chi connectivity index (χ4n) is 10.3. The summed E-state index contributed by atoms with van der Waals surface area (Å²) in [5, 5.41) is 13.6. The molecule has 64 heavy (non-hydrogen) atoms. The number of likely N-dealkylation sites (tertiary alicyclic amines) is 1. The van der Waals surface area contributed by atoms with Crippen molar-refractivity contribution in [3.8, 4) is 0 Å². The Hall–Kier alpha value is -5.53. The minimum atomic E-state index is -2.86. The molecule has 7 heterocycles. The van der Waals surface area contributed by atoms with E-state index in [9.17, 15) is 28.0 Å². The lowest BCUT2D eigenvalue weighted by Crippen LogP contribution is -2.45. The second-order valence-corrected chi connectivity index (χ2v) is 18.0. The number of halogens is 2. The van der Waals surface area contributed by atoms with Crippen molar-refractivity contribution in [3.05, 3.63) is 70.2 Å². The van der Waals surface area contributed by atoms with Gasteiger partial charge in [-0.2, -0.15) is 10.2 Å². The molecule has 0 bridgehead atoms. The summed E-state index contributed by atoms with van der Waals surface area (Å²) in [4.78, 5) is 60.6. The fourth-order valence-corrected chi connectivity index (χ4v) is 10.3. The number of hydrogen-bond acceptors (Lipinski definition) is 11. The third kappa shape index (κ3) is 9.06. The Bertz CT molecular complexity index is 2560. The van der Waals surface area contributed by atoms with Gasteiger partial charge in [-0.3, -0.25) is 33.5 Å². The van der Waals surface area contributed by atoms with Gasteiger partial charge in [0.25, 0.3) is 12.3 Å². The number of benzene rings is 1. The summed E-state index contributed by atoms with van der Waals surface area (Å²) in [6.07, 6.45) is 9.50. The molecule has 4 aromatic heterocycles. The van der Waals surface area contributed by atoms with Gasteiger partial charge >= 0.3 is 5.69 Å². The van der Waals surface area contributed by atoms with Crippen LogP contribution in [-0.4, -0.2) is 114 Å². The molecule has 19 heteroatoms. The van der Waals surface area contributed by atoms with Crippen LogP contribution in [0.1, 0.15) is 112 Å². The lowest BCUT2D eigenvalue weighted by atomic mass is 9.85. The summed E-state index contributed by atoms with van der Waals surface area (Å²) >= 11 is 0. The van der Waals surface area contributed by atoms with E-state index in [0.717, 1.165) is 82.1 Å². The molecule has 4 fully saturated rings. The predicted octanol–water partition coefficient (Wildman–Crippen LogP) is 5.21. The molecule has 1 unspecified atom stereocenters. The van der Waals surface area contributed by atoms with Gasteiger partial charge in [-0.25, -0.2) is 23.1 Å². The second kappa shape index (κ2) is 18.5. The number of aromatic nitrogens is 7. The Kier molecular flexibility index (Phi) is 12.6. The van der Waals surface area contributed by atoms with Crippen molar-refractivity contribution < 1.29 is 32.6 Å². The highest BCUT2D eigenvalue weighted by Gasteiger charge is 2.33. The Morgan fingerprint density at radius 2 is 1.78 bits per heavy atom. The zero-order valence-corrected chi connectivity index (χ0v) is 36.6. The predicted molar refractivity (Wildman–Crippen MR) is 234 cm³/mol. The molecule has 0 radical (unpaired) electrons. The Labute approximate surface area is 369 Å². The van der Waals surface area contributed by atoms with Crippen molar-refractivity contribution >= 4 is 45.9 Å². The Balaban J connectivity index is 0.732. The summed E-state index contributed by atoms with van der Waals surface area (Å²) in [5.74, 6) is -0.147. The van der Waals surface area contributed by atoms with Gasteiger partial charge < -0.3 is 24.6 Å². The van der Waals surface area contributed by atoms with Crippen LogP contribution >= 0.6 is 0 Å². The smallest absolute Gasteiger partial charge is 0.329 e. The molecular weight excluding hydrogens is 829 g/mol. The number of anilines is 2. The molecule has 3 atom stereocenters. The lowest BCUT2D eigenvalue weighted by molar-refractivity contribution is -0.135. The molecule has 342 valence electrons. The number of nitrogens with one attached hydrogen (secondary N) is 2. The number of morpholine rings is 1. The van der Waals surface area contributed by atoms with Gasteiger partial charge in [0.2, 0.25) is 11.8 Å². The van der Waals surface area contributed by atoms with Gasteiger partial charge in [0.1, 0.15) is 17.4 Å². The molecule has 17 nitrogen and oxygen atoms in total. The number of alkyl halides is 2. The zero-order chi connectivity index (χ0) is 44.6. The second-order valence-electron chi connectivity index (χ2n) is 18.0. The lowest BCUT2D eigenvalue weighted by Gasteiger charge is -2.36. The topological polar surface area (TPSA) is 175 Å². The van der Waals surface area contributed by atoms with Crippen LogP contribution in [0.25, 0.3) is 16.7 Å². The fraction of sp³-hybridized carbons (Fsp3) is 0.578. The average molecular weight is 886 g/mol. The number of amides is 3. The number of piperidine rings is 2. The van der Waals surface area contributed by atoms with Gasteiger partial charge in [-0.15, -0.1) is 0 Å². The first-order chi connectivity index (χ1) is 30.9. The Morgan fingerprint density at radius 1 is 1.02 bits per heavy atom. The standard InChI is InChI=1S/C45H57F2N11O6/c1-27-23-55(24-28(2)64-27)37-17-20-56-42(50-37)33(22-48-56)43(60)49-34-26-57(52-39(34)41(46)47)31-11-9-29(10-12-31)25-54-18-15-32(16-19-54)63-21-5-7-30-6-4-8-35-40(30)53(3)45(62)58(35)36-13-14-38(59)51-44(36)61/h4,6,8,17,20,22,26-29,31-32,36,41H,5,7,9-16,18-19,21,23-25H2,1-3H3,(H,49,60)(H,51,59,61)/t27-,28-,29?,31?,36?/m1/s1. The van der Waals surface area contributed by atoms with Crippen molar-refractivity contribution in [1.82, 2.24) is 43.7 Å². The highest BCUT2D eigenvalue weighted by Crippen LogP contribution is 2.36. The van der Waals surface area contributed by atoms with Crippen LogP contribution in [0.5, 0.6) is 0 Å². The van der Waals surface area contributed by atoms with Crippen LogP contribution in [0.15, 0.2) is 47.7 Å². The highest BCUT2D eigenvalue weighted by atomic mass is 19.3. The summed E-state index contributed by atoms with van der Waals surface area (Å²) < 4.78 is 47.1. The van der Waals surface area contributed by atoms with E-state index >= 15 is 0 Å². The van der Waals surface area contributed by atoms with E-state index in [4.69, 9.17) is 14.5 Å². The monoisotopic (exact) mass is 885 g/mol. The number of imide groups is 1. The van der Waals surface area contributed by atoms with E-state index in [1.807, 2.05) is 38.1 Å². The van der Waals surface area contributed by atoms with Crippen molar-refractivity contribution in [2.45, 2.75) is 115 Å². The summed E-state index contributed by atoms with van der Waals surface area (Å²) in [6, 6.07) is 6.87. The molecule has 1 aliphatic carbocycles. The molecule has 9 rings (SSSR count). The number of fused-ring (bicyclic) bond motifs is 2. The largest absolute Gasteiger partial charge is 0.378 e. The number of ether oxygens (including phenoxy) is 2. The van der Waals surface area contributed by atoms with Crippen LogP contribution in [0.2, 0.25) is 0 Å². The minimum absolute atomic E-state index is 0.00964. The van der Waals surface area contributed by atoms with Crippen LogP contribution in [0, 0.1) is 5.92 Å². The molecular formula is C45H57F2N11O6. The van der Waals surface area contributed by atoms with Gasteiger partial charge in [0, 0.05) is 65.2 Å². The number of carbonyl (C=O) groups is 3. The number of para-hydroxylation sites is 1. The van der Waals surface area contributed by atoms with Crippen molar-refractivity contribution in [1.29, 1.82) is 0 Å². The molecule has 3 aliphatic heterocycles. The quantitative estimate of drug-likeness (QED) is 0.117. The maximum absolute atomic E-state index is 14.3. The van der Waals surface area contributed by atoms with Crippen LogP contribution in [0.3, 0.4) is 0 Å². The van der Waals surface area contributed by atoms with E-state index in [-0.39, 0.29) is 53.6 Å². The first-order valence-electron chi connectivity index (χ1n) is 22.7. The SMILES string of the molecule is C[C@@H]1CN(c2ccn3ncc(C(=O)Nc4cn(C5CCC(CN6CCC(OCCCc7cccc8c7n(C)c(=O)n8C7CCC(=O)NC7=O)CC6)CC5)nc4C(F)F)c3n2)C[C@@H](C)O1. The molecule has 1 aromatic carbocycles. The number of imidazole rings is 1. The zero-order valence-electron chi connectivity index (χ0n) is 36.6. The van der Waals surface area contributed by atoms with Gasteiger partial charge in [-0.05, 0) is 95.2 Å². The number of carbonyl (C=O) groups excluding carboxylic acids is 3. The molecule has 3 saturated heterocycles. The maximum atomic E-state index is 14.3. The average Bonchev–Trinajstić information content (AvgIpc) is 3.97. The van der Waals surface area contributed by atoms with Gasteiger partial charge in [0.05, 0.1) is 47.3 Å². The van der Waals surface area contributed by atoms with E-state index in [0.29, 0.717) is 49.0 Å². The van der Waals surface area contributed by atoms with Gasteiger partial charge in [-0.1, -0.05) is 12.1 Å². The number of hydrogen-bond donors (Lipinski definition) is 2. The van der Waals surface area contributed by atoms with E-state index in [1.165, 1.54) is 15.3 Å². The first-order valence-corrected chi connectivity index (χ1v) is 22.7. The first kappa shape index (κ1) is 43.7. The number of aryl methyl sites for hydroxylation is 2. The molecule has 3 amide bonds. The van der Waals surface area contributed by atoms with Crippen LogP contribution in [0.4, 0.5) is 20.3 Å². The van der Waals surface area contributed by atoms with Crippen molar-refractivity contribution in [2.75, 3.05) is 49.5 Å². The van der Waals surface area contributed by atoms with Gasteiger partial charge in [0.15, 0.2) is 11.3 Å². The van der Waals surface area contributed by atoms with Crippen LogP contribution in [-0.2, 0) is 32.5 Å². The normalized spacial score (nSPS) is 24.0. The third-order valence-corrected chi connectivity index (χ3v) is 13.5. The third-order valence-electron chi connectivity index (χ3n) is 13.5. The van der Waals surface area contributed by atoms with Crippen molar-refractivity contribution in [2.24, 2.45) is 13.0 Å². The summed E-state index contributed by atoms with van der Waals surface area (Å²) in [6.45, 7) is 8.81. The molecule has 2 N–H and O–H groups in total. The molecule has 1 saturated carbocycles. The molecule has 5 aromatic rings. The summed E-state index contributed by atoms with van der Waals surface area (Å²) in [7, 11) is 1.72. The highest BCUT2D eigenvalue weighted by molar-refractivity contribution is 6.08.